The molecule has 2 fully saturated rings. The van der Waals surface area contributed by atoms with E-state index in [4.69, 9.17) is 4.42 Å². The molecule has 25 heavy (non-hydrogen) atoms. The molecule has 0 aliphatic heterocycles. The first kappa shape index (κ1) is 18.5. The van der Waals surface area contributed by atoms with E-state index in [1.165, 1.54) is 0 Å². The van der Waals surface area contributed by atoms with E-state index >= 15 is 0 Å². The molecule has 2 saturated carbocycles. The Balaban J connectivity index is 2.06. The third-order valence-electron chi connectivity index (χ3n) is 7.63. The molecule has 0 spiro atoms. The number of hydrogen-bond acceptors (Lipinski definition) is 4. The Labute approximate surface area is 150 Å². The summed E-state index contributed by atoms with van der Waals surface area (Å²) in [6, 6.07) is 4.60. The fourth-order valence-corrected chi connectivity index (χ4v) is 6.30. The van der Waals surface area contributed by atoms with Crippen LogP contribution >= 0.6 is 0 Å². The van der Waals surface area contributed by atoms with Gasteiger partial charge in [0.1, 0.15) is 0 Å². The average Bonchev–Trinajstić information content (AvgIpc) is 3.06. The van der Waals surface area contributed by atoms with Gasteiger partial charge in [-0.15, -0.1) is 0 Å². The number of hydrogen-bond donors (Lipinski definition) is 2. The second-order valence-corrected chi connectivity index (χ2v) is 9.22. The minimum atomic E-state index is -0.862. The van der Waals surface area contributed by atoms with Crippen molar-refractivity contribution >= 4 is 0 Å². The van der Waals surface area contributed by atoms with E-state index in [1.807, 2.05) is 13.0 Å². The lowest BCUT2D eigenvalue weighted by Crippen LogP contribution is -2.67. The highest BCUT2D eigenvalue weighted by molar-refractivity contribution is 5.23. The third-order valence-corrected chi connectivity index (χ3v) is 7.63. The normalized spacial score (nSPS) is 43.2. The minimum absolute atomic E-state index is 0.0797. The molecular formula is C21H31NO3. The van der Waals surface area contributed by atoms with Crippen molar-refractivity contribution in [2.24, 2.45) is 28.1 Å². The molecular weight excluding hydrogens is 314 g/mol. The van der Waals surface area contributed by atoms with Gasteiger partial charge >= 0.3 is 0 Å². The first-order valence-corrected chi connectivity index (χ1v) is 9.48. The van der Waals surface area contributed by atoms with Crippen molar-refractivity contribution in [3.8, 4) is 6.07 Å². The molecule has 3 rings (SSSR count). The number of aliphatic hydroxyl groups excluding tert-OH is 2. The monoisotopic (exact) mass is 345 g/mol. The lowest BCUT2D eigenvalue weighted by molar-refractivity contribution is -0.230. The van der Waals surface area contributed by atoms with Crippen LogP contribution in [0.2, 0.25) is 0 Å². The highest BCUT2D eigenvalue weighted by atomic mass is 16.3. The fraction of sp³-hybridized carbons (Fsp3) is 0.762. The first-order chi connectivity index (χ1) is 11.7. The quantitative estimate of drug-likeness (QED) is 0.870. The Morgan fingerprint density at radius 2 is 1.96 bits per heavy atom. The van der Waals surface area contributed by atoms with Crippen molar-refractivity contribution in [2.75, 3.05) is 0 Å². The van der Waals surface area contributed by atoms with Crippen molar-refractivity contribution < 1.29 is 14.6 Å². The fourth-order valence-electron chi connectivity index (χ4n) is 6.30. The van der Waals surface area contributed by atoms with Crippen molar-refractivity contribution in [3.05, 3.63) is 24.2 Å². The van der Waals surface area contributed by atoms with Crippen molar-refractivity contribution in [1.29, 1.82) is 5.26 Å². The molecule has 2 aliphatic rings. The Bertz CT molecular complexity index is 647. The number of aryl methyl sites for hydroxylation is 1. The molecule has 2 N–H and O–H groups in total. The van der Waals surface area contributed by atoms with Gasteiger partial charge in [-0.3, -0.25) is 0 Å². The van der Waals surface area contributed by atoms with E-state index in [9.17, 15) is 15.5 Å². The van der Waals surface area contributed by atoms with Gasteiger partial charge in [-0.2, -0.15) is 5.26 Å². The van der Waals surface area contributed by atoms with Crippen LogP contribution < -0.4 is 0 Å². The summed E-state index contributed by atoms with van der Waals surface area (Å²) in [5.74, 6) is -0.349. The van der Waals surface area contributed by atoms with Crippen LogP contribution in [0, 0.1) is 39.4 Å². The molecule has 138 valence electrons. The van der Waals surface area contributed by atoms with Crippen LogP contribution in [0.5, 0.6) is 0 Å². The second kappa shape index (κ2) is 6.14. The molecule has 0 radical (unpaired) electrons. The highest BCUT2D eigenvalue weighted by Crippen LogP contribution is 2.67. The summed E-state index contributed by atoms with van der Waals surface area (Å²) in [5.41, 5.74) is 0.0136. The number of rotatable bonds is 3. The van der Waals surface area contributed by atoms with Crippen LogP contribution in [-0.2, 0) is 6.42 Å². The number of nitrogens with zero attached hydrogens (tertiary/aromatic N) is 1. The largest absolute Gasteiger partial charge is 0.472 e. The average molecular weight is 345 g/mol. The number of aliphatic hydroxyl groups is 2. The Hall–Kier alpha value is -1.31. The van der Waals surface area contributed by atoms with E-state index in [2.05, 4.69) is 26.8 Å². The molecule has 4 heteroatoms. The lowest BCUT2D eigenvalue weighted by Gasteiger charge is -2.65. The predicted octanol–water partition coefficient (Wildman–Crippen LogP) is 3.93. The summed E-state index contributed by atoms with van der Waals surface area (Å²) < 4.78 is 5.18. The molecule has 0 aromatic carbocycles. The minimum Gasteiger partial charge on any atom is -0.472 e. The molecule has 0 bridgehead atoms. The van der Waals surface area contributed by atoms with E-state index in [1.54, 1.807) is 12.5 Å². The van der Waals surface area contributed by atoms with Crippen LogP contribution in [-0.4, -0.2) is 22.4 Å². The van der Waals surface area contributed by atoms with Crippen molar-refractivity contribution in [2.45, 2.75) is 72.0 Å². The Kier molecular flexibility index (Phi) is 4.54. The van der Waals surface area contributed by atoms with Crippen LogP contribution in [0.3, 0.4) is 0 Å². The summed E-state index contributed by atoms with van der Waals surface area (Å²) >= 11 is 0. The SMILES string of the molecule is C[C@@H]1[C@@H](O)[C@@H](O)[C@H]2C(C)(C)CCC[C@]2(C)[C@@]1(C#N)CCc1ccoc1. The summed E-state index contributed by atoms with van der Waals surface area (Å²) in [7, 11) is 0. The van der Waals surface area contributed by atoms with Gasteiger partial charge in [-0.25, -0.2) is 0 Å². The standard InChI is InChI=1S/C21H31NO3/c1-14-16(23)17(24)18-19(2,3)8-5-9-20(18,4)21(14,13-22)10-6-15-7-11-25-12-15/h7,11-12,14,16-18,23-24H,5-6,8-10H2,1-4H3/t14-,16-,17-,18+,20+,21-/m1/s1. The van der Waals surface area contributed by atoms with Gasteiger partial charge in [0.2, 0.25) is 0 Å². The van der Waals surface area contributed by atoms with Gasteiger partial charge in [0.25, 0.3) is 0 Å². The van der Waals surface area contributed by atoms with E-state index in [0.29, 0.717) is 6.42 Å². The number of fused-ring (bicyclic) bond motifs is 1. The third kappa shape index (κ3) is 2.55. The molecule has 1 aromatic rings. The van der Waals surface area contributed by atoms with Gasteiger partial charge in [-0.05, 0) is 54.1 Å². The van der Waals surface area contributed by atoms with Crippen LogP contribution in [0.25, 0.3) is 0 Å². The summed E-state index contributed by atoms with van der Waals surface area (Å²) in [5, 5.41) is 32.1. The highest BCUT2D eigenvalue weighted by Gasteiger charge is 2.67. The maximum Gasteiger partial charge on any atom is 0.0934 e. The predicted molar refractivity (Wildman–Crippen MR) is 95.5 cm³/mol. The van der Waals surface area contributed by atoms with E-state index in [-0.39, 0.29) is 22.7 Å². The van der Waals surface area contributed by atoms with E-state index in [0.717, 1.165) is 31.2 Å². The summed E-state index contributed by atoms with van der Waals surface area (Å²) in [6.45, 7) is 8.48. The molecule has 1 aromatic heterocycles. The van der Waals surface area contributed by atoms with Gasteiger partial charge in [0.15, 0.2) is 0 Å². The Morgan fingerprint density at radius 3 is 2.56 bits per heavy atom. The number of furan rings is 1. The molecule has 0 saturated heterocycles. The lowest BCUT2D eigenvalue weighted by atomic mass is 9.39. The van der Waals surface area contributed by atoms with Crippen LogP contribution in [0.15, 0.2) is 23.0 Å². The second-order valence-electron chi connectivity index (χ2n) is 9.22. The van der Waals surface area contributed by atoms with Gasteiger partial charge in [-0.1, -0.05) is 34.1 Å². The zero-order valence-corrected chi connectivity index (χ0v) is 15.8. The van der Waals surface area contributed by atoms with Crippen molar-refractivity contribution in [1.82, 2.24) is 0 Å². The molecule has 0 amide bonds. The molecule has 0 unspecified atom stereocenters. The van der Waals surface area contributed by atoms with Gasteiger partial charge < -0.3 is 14.6 Å². The smallest absolute Gasteiger partial charge is 0.0934 e. The van der Waals surface area contributed by atoms with Gasteiger partial charge in [0, 0.05) is 5.92 Å². The zero-order chi connectivity index (χ0) is 18.5. The topological polar surface area (TPSA) is 77.4 Å². The van der Waals surface area contributed by atoms with Crippen LogP contribution in [0.1, 0.15) is 58.9 Å². The van der Waals surface area contributed by atoms with E-state index < -0.39 is 17.6 Å². The maximum absolute atomic E-state index is 10.9. The molecule has 6 atom stereocenters. The van der Waals surface area contributed by atoms with Crippen LogP contribution in [0.4, 0.5) is 0 Å². The molecule has 1 heterocycles. The van der Waals surface area contributed by atoms with Crippen molar-refractivity contribution in [3.63, 3.8) is 0 Å². The van der Waals surface area contributed by atoms with Gasteiger partial charge in [0.05, 0.1) is 36.2 Å². The summed E-state index contributed by atoms with van der Waals surface area (Å²) in [4.78, 5) is 0. The first-order valence-electron chi connectivity index (χ1n) is 9.48. The zero-order valence-electron chi connectivity index (χ0n) is 15.8. The maximum atomic E-state index is 10.9. The summed E-state index contributed by atoms with van der Waals surface area (Å²) in [6.07, 6.45) is 6.19. The molecule has 4 nitrogen and oxygen atoms in total. The number of nitriles is 1. The molecule has 2 aliphatic carbocycles. The Morgan fingerprint density at radius 1 is 1.24 bits per heavy atom.